The zero-order valence-electron chi connectivity index (χ0n) is 11.5. The smallest absolute Gasteiger partial charge is 0.125 e. The second kappa shape index (κ2) is 5.72. The van der Waals surface area contributed by atoms with E-state index in [2.05, 4.69) is 24.4 Å². The van der Waals surface area contributed by atoms with E-state index in [9.17, 15) is 0 Å². The number of benzene rings is 1. The first kappa shape index (κ1) is 13.4. The van der Waals surface area contributed by atoms with Crippen LogP contribution in [0.3, 0.4) is 0 Å². The molecule has 1 N–H and O–H groups in total. The van der Waals surface area contributed by atoms with Crippen molar-refractivity contribution in [3.8, 4) is 5.75 Å². The van der Waals surface area contributed by atoms with Crippen molar-refractivity contribution in [2.45, 2.75) is 38.3 Å². The lowest BCUT2D eigenvalue weighted by molar-refractivity contribution is -0.0816. The maximum Gasteiger partial charge on any atom is 0.125 e. The third-order valence-corrected chi connectivity index (χ3v) is 3.69. The number of hydrogen-bond acceptors (Lipinski definition) is 3. The van der Waals surface area contributed by atoms with Crippen LogP contribution in [0.5, 0.6) is 5.75 Å². The molecule has 0 spiro atoms. The van der Waals surface area contributed by atoms with Crippen LogP contribution in [0.25, 0.3) is 0 Å². The van der Waals surface area contributed by atoms with Crippen LogP contribution in [-0.4, -0.2) is 26.3 Å². The Morgan fingerprint density at radius 1 is 1.44 bits per heavy atom. The van der Waals surface area contributed by atoms with Crippen molar-refractivity contribution in [1.29, 1.82) is 0 Å². The van der Waals surface area contributed by atoms with Gasteiger partial charge in [-0.05, 0) is 39.8 Å². The third-order valence-electron chi connectivity index (χ3n) is 3.69. The Balaban J connectivity index is 2.28. The van der Waals surface area contributed by atoms with E-state index in [1.807, 2.05) is 26.1 Å². The van der Waals surface area contributed by atoms with Crippen LogP contribution in [0.1, 0.15) is 32.3 Å². The average Bonchev–Trinajstić information content (AvgIpc) is 2.39. The van der Waals surface area contributed by atoms with Crippen LogP contribution in [0.2, 0.25) is 0 Å². The predicted octanol–water partition coefficient (Wildman–Crippen LogP) is 2.70. The van der Waals surface area contributed by atoms with Crippen molar-refractivity contribution in [3.63, 3.8) is 0 Å². The van der Waals surface area contributed by atoms with Crippen LogP contribution in [0, 0.1) is 0 Å². The summed E-state index contributed by atoms with van der Waals surface area (Å²) in [6.07, 6.45) is 2.05. The minimum atomic E-state index is -0.252. The van der Waals surface area contributed by atoms with Crippen molar-refractivity contribution in [1.82, 2.24) is 5.32 Å². The Bertz CT molecular complexity index is 394. The lowest BCUT2D eigenvalue weighted by atomic mass is 9.85. The topological polar surface area (TPSA) is 30.5 Å². The fraction of sp³-hybridized carbons (Fsp3) is 0.600. The van der Waals surface area contributed by atoms with Crippen LogP contribution >= 0.6 is 0 Å². The van der Waals surface area contributed by atoms with Crippen LogP contribution < -0.4 is 10.1 Å². The van der Waals surface area contributed by atoms with Gasteiger partial charge in [0.1, 0.15) is 5.75 Å². The minimum absolute atomic E-state index is 0.252. The highest BCUT2D eigenvalue weighted by atomic mass is 16.5. The molecule has 1 aliphatic heterocycles. The maximum absolute atomic E-state index is 6.05. The fourth-order valence-corrected chi connectivity index (χ4v) is 2.68. The summed E-state index contributed by atoms with van der Waals surface area (Å²) in [7, 11) is 2.02. The van der Waals surface area contributed by atoms with Crippen molar-refractivity contribution in [2.24, 2.45) is 0 Å². The Hall–Kier alpha value is -1.06. The van der Waals surface area contributed by atoms with Gasteiger partial charge in [-0.3, -0.25) is 0 Å². The van der Waals surface area contributed by atoms with E-state index in [0.717, 1.165) is 30.8 Å². The molecule has 1 aromatic carbocycles. The van der Waals surface area contributed by atoms with E-state index in [-0.39, 0.29) is 5.60 Å². The molecule has 18 heavy (non-hydrogen) atoms. The maximum atomic E-state index is 6.05. The largest absolute Gasteiger partial charge is 0.493 e. The standard InChI is InChI=1S/C15H23NO2/c1-4-17-14-8-6-5-7-13(14)15(2)11-12(16-3)9-10-18-15/h5-8,12,16H,4,9-11H2,1-3H3. The number of nitrogens with one attached hydrogen (secondary N) is 1. The van der Waals surface area contributed by atoms with Gasteiger partial charge < -0.3 is 14.8 Å². The van der Waals surface area contributed by atoms with E-state index in [0.29, 0.717) is 12.6 Å². The first-order valence-electron chi connectivity index (χ1n) is 6.73. The quantitative estimate of drug-likeness (QED) is 0.890. The monoisotopic (exact) mass is 249 g/mol. The number of para-hydroxylation sites is 1. The first-order chi connectivity index (χ1) is 8.69. The van der Waals surface area contributed by atoms with Crippen molar-refractivity contribution < 1.29 is 9.47 Å². The zero-order chi connectivity index (χ0) is 13.0. The SMILES string of the molecule is CCOc1ccccc1C1(C)CC(NC)CCO1. The van der Waals surface area contributed by atoms with Gasteiger partial charge in [-0.15, -0.1) is 0 Å². The predicted molar refractivity (Wildman–Crippen MR) is 73.0 cm³/mol. The highest BCUT2D eigenvalue weighted by Crippen LogP contribution is 2.39. The molecule has 100 valence electrons. The Morgan fingerprint density at radius 2 is 2.22 bits per heavy atom. The molecule has 1 heterocycles. The van der Waals surface area contributed by atoms with Gasteiger partial charge >= 0.3 is 0 Å². The third kappa shape index (κ3) is 2.68. The number of ether oxygens (including phenoxy) is 2. The zero-order valence-corrected chi connectivity index (χ0v) is 11.5. The Morgan fingerprint density at radius 3 is 2.94 bits per heavy atom. The van der Waals surface area contributed by atoms with E-state index in [4.69, 9.17) is 9.47 Å². The molecule has 3 nitrogen and oxygen atoms in total. The summed E-state index contributed by atoms with van der Waals surface area (Å²) >= 11 is 0. The van der Waals surface area contributed by atoms with Gasteiger partial charge in [0.05, 0.1) is 12.2 Å². The van der Waals surface area contributed by atoms with E-state index < -0.39 is 0 Å². The van der Waals surface area contributed by atoms with E-state index in [1.165, 1.54) is 0 Å². The molecule has 1 aromatic rings. The van der Waals surface area contributed by atoms with Crippen molar-refractivity contribution in [3.05, 3.63) is 29.8 Å². The van der Waals surface area contributed by atoms with Gasteiger partial charge in [0.25, 0.3) is 0 Å². The summed E-state index contributed by atoms with van der Waals surface area (Å²) in [5, 5.41) is 3.36. The van der Waals surface area contributed by atoms with Crippen LogP contribution in [0.4, 0.5) is 0 Å². The molecule has 3 heteroatoms. The molecule has 1 fully saturated rings. The second-order valence-corrected chi connectivity index (χ2v) is 4.99. The number of rotatable bonds is 4. The summed E-state index contributed by atoms with van der Waals surface area (Å²) < 4.78 is 11.8. The van der Waals surface area contributed by atoms with Gasteiger partial charge in [-0.2, -0.15) is 0 Å². The van der Waals surface area contributed by atoms with E-state index >= 15 is 0 Å². The summed E-state index contributed by atoms with van der Waals surface area (Å²) in [6.45, 7) is 5.65. The molecule has 0 radical (unpaired) electrons. The molecular weight excluding hydrogens is 226 g/mol. The summed E-state index contributed by atoms with van der Waals surface area (Å²) in [4.78, 5) is 0. The lowest BCUT2D eigenvalue weighted by Gasteiger charge is -2.39. The highest BCUT2D eigenvalue weighted by Gasteiger charge is 2.36. The molecule has 0 aliphatic carbocycles. The van der Waals surface area contributed by atoms with Crippen LogP contribution in [0.15, 0.2) is 24.3 Å². The van der Waals surface area contributed by atoms with Gasteiger partial charge in [0, 0.05) is 18.2 Å². The van der Waals surface area contributed by atoms with Crippen LogP contribution in [-0.2, 0) is 10.3 Å². The van der Waals surface area contributed by atoms with Crippen molar-refractivity contribution >= 4 is 0 Å². The Kier molecular flexibility index (Phi) is 4.25. The van der Waals surface area contributed by atoms with E-state index in [1.54, 1.807) is 0 Å². The molecular formula is C15H23NO2. The van der Waals surface area contributed by atoms with Gasteiger partial charge in [0.15, 0.2) is 0 Å². The molecule has 1 aliphatic rings. The fourth-order valence-electron chi connectivity index (χ4n) is 2.68. The summed E-state index contributed by atoms with van der Waals surface area (Å²) in [5.41, 5.74) is 0.907. The molecule has 2 unspecified atom stereocenters. The minimum Gasteiger partial charge on any atom is -0.493 e. The molecule has 0 bridgehead atoms. The normalized spacial score (nSPS) is 28.1. The van der Waals surface area contributed by atoms with Gasteiger partial charge in [-0.25, -0.2) is 0 Å². The molecule has 1 saturated heterocycles. The first-order valence-corrected chi connectivity index (χ1v) is 6.73. The lowest BCUT2D eigenvalue weighted by Crippen LogP contribution is -2.42. The second-order valence-electron chi connectivity index (χ2n) is 4.99. The molecule has 2 atom stereocenters. The number of hydrogen-bond donors (Lipinski definition) is 1. The molecule has 0 saturated carbocycles. The summed E-state index contributed by atoms with van der Waals surface area (Å²) in [6, 6.07) is 8.71. The van der Waals surface area contributed by atoms with Gasteiger partial charge in [0.2, 0.25) is 0 Å². The van der Waals surface area contributed by atoms with Crippen molar-refractivity contribution in [2.75, 3.05) is 20.3 Å². The Labute approximate surface area is 109 Å². The molecule has 2 rings (SSSR count). The highest BCUT2D eigenvalue weighted by molar-refractivity contribution is 5.38. The summed E-state index contributed by atoms with van der Waals surface area (Å²) in [5.74, 6) is 0.944. The molecule has 0 amide bonds. The average molecular weight is 249 g/mol. The van der Waals surface area contributed by atoms with Gasteiger partial charge in [-0.1, -0.05) is 18.2 Å². The molecule has 0 aromatic heterocycles.